The molecule has 2 aliphatic rings. The van der Waals surface area contributed by atoms with Crippen LogP contribution in [0.4, 0.5) is 45.3 Å². The Morgan fingerprint density at radius 3 is 1.83 bits per heavy atom. The standard InChI is InChI=1S/C19H25N5O2.3C2HF3O2/c1-2-15(12-20-6-1)13-24-8-11-26-14-17(24)19-21-7-3-18(23-19)22-16-4-9-25-10-5-16;3*3-2(4,5)1(6)7/h1-3,6-7,12,16-17H,4-5,8-11,13-14H2,(H,21,22,23);3*(H,6,7). The summed E-state index contributed by atoms with van der Waals surface area (Å²) in [5.41, 5.74) is 1.19. The molecular weight excluding hydrogens is 669 g/mol. The van der Waals surface area contributed by atoms with E-state index >= 15 is 0 Å². The summed E-state index contributed by atoms with van der Waals surface area (Å²) in [6.45, 7) is 4.65. The van der Waals surface area contributed by atoms with Crippen molar-refractivity contribution in [2.75, 3.05) is 38.3 Å². The molecule has 0 aromatic carbocycles. The van der Waals surface area contributed by atoms with Gasteiger partial charge in [0, 0.05) is 50.9 Å². The fraction of sp³-hybridized carbons (Fsp3) is 0.520. The number of halogens is 9. The molecule has 2 fully saturated rings. The minimum absolute atomic E-state index is 0.0559. The molecule has 4 rings (SSSR count). The average molecular weight is 698 g/mol. The molecule has 1 atom stereocenters. The molecule has 0 amide bonds. The molecule has 47 heavy (non-hydrogen) atoms. The molecule has 0 radical (unpaired) electrons. The predicted octanol–water partition coefficient (Wildman–Crippen LogP) is 3.94. The van der Waals surface area contributed by atoms with Crippen molar-refractivity contribution in [2.24, 2.45) is 0 Å². The van der Waals surface area contributed by atoms with Gasteiger partial charge in [-0.3, -0.25) is 9.88 Å². The van der Waals surface area contributed by atoms with Crippen LogP contribution < -0.4 is 5.32 Å². The highest BCUT2D eigenvalue weighted by atomic mass is 19.4. The average Bonchev–Trinajstić information content (AvgIpc) is 2.98. The molecular formula is C25H28F9N5O8. The fourth-order valence-corrected chi connectivity index (χ4v) is 3.46. The Morgan fingerprint density at radius 2 is 1.36 bits per heavy atom. The maximum Gasteiger partial charge on any atom is 0.490 e. The van der Waals surface area contributed by atoms with Gasteiger partial charge < -0.3 is 30.1 Å². The van der Waals surface area contributed by atoms with Crippen LogP contribution in [0.15, 0.2) is 36.8 Å². The van der Waals surface area contributed by atoms with Crippen molar-refractivity contribution >= 4 is 23.7 Å². The highest BCUT2D eigenvalue weighted by molar-refractivity contribution is 5.73. The number of carboxylic acids is 3. The number of pyridine rings is 1. The third-order valence-corrected chi connectivity index (χ3v) is 5.62. The number of hydrogen-bond acceptors (Lipinski definition) is 10. The molecule has 0 spiro atoms. The number of morpholine rings is 1. The van der Waals surface area contributed by atoms with E-state index in [2.05, 4.69) is 26.3 Å². The Balaban J connectivity index is 0.000000430. The van der Waals surface area contributed by atoms with Crippen LogP contribution in [0, 0.1) is 0 Å². The molecule has 2 saturated heterocycles. The molecule has 0 aliphatic carbocycles. The van der Waals surface area contributed by atoms with Crippen LogP contribution >= 0.6 is 0 Å². The van der Waals surface area contributed by atoms with Crippen molar-refractivity contribution in [3.8, 4) is 0 Å². The number of carbonyl (C=O) groups is 3. The summed E-state index contributed by atoms with van der Waals surface area (Å²) >= 11 is 0. The van der Waals surface area contributed by atoms with E-state index in [0.717, 1.165) is 57.4 Å². The van der Waals surface area contributed by atoms with Gasteiger partial charge >= 0.3 is 36.4 Å². The number of hydrogen-bond donors (Lipinski definition) is 4. The molecule has 1 unspecified atom stereocenters. The molecule has 4 heterocycles. The van der Waals surface area contributed by atoms with Crippen molar-refractivity contribution in [3.63, 3.8) is 0 Å². The van der Waals surface area contributed by atoms with E-state index in [-0.39, 0.29) is 6.04 Å². The summed E-state index contributed by atoms with van der Waals surface area (Å²) in [6, 6.07) is 6.48. The first-order chi connectivity index (χ1) is 21.7. The fourth-order valence-electron chi connectivity index (χ4n) is 3.46. The monoisotopic (exact) mass is 697 g/mol. The van der Waals surface area contributed by atoms with Gasteiger partial charge in [0.05, 0.1) is 19.3 Å². The topological polar surface area (TPSA) is 184 Å². The normalized spacial score (nSPS) is 17.3. The van der Waals surface area contributed by atoms with Crippen LogP contribution in [0.2, 0.25) is 0 Å². The number of aromatic nitrogens is 3. The molecule has 2 aromatic heterocycles. The zero-order chi connectivity index (χ0) is 35.8. The van der Waals surface area contributed by atoms with Gasteiger partial charge in [0.15, 0.2) is 0 Å². The second-order valence-corrected chi connectivity index (χ2v) is 9.16. The van der Waals surface area contributed by atoms with Crippen LogP contribution in [0.3, 0.4) is 0 Å². The number of carboxylic acid groups (broad SMARTS) is 3. The van der Waals surface area contributed by atoms with Crippen LogP contribution in [0.5, 0.6) is 0 Å². The zero-order valence-electron chi connectivity index (χ0n) is 23.8. The van der Waals surface area contributed by atoms with E-state index in [9.17, 15) is 39.5 Å². The molecule has 2 aliphatic heterocycles. The third kappa shape index (κ3) is 16.7. The Labute approximate surface area is 259 Å². The number of aliphatic carboxylic acids is 3. The zero-order valence-corrected chi connectivity index (χ0v) is 23.8. The Kier molecular flexibility index (Phi) is 16.2. The lowest BCUT2D eigenvalue weighted by molar-refractivity contribution is -0.193. The second-order valence-electron chi connectivity index (χ2n) is 9.16. The van der Waals surface area contributed by atoms with Gasteiger partial charge in [0.2, 0.25) is 0 Å². The Hall–Kier alpha value is -4.31. The van der Waals surface area contributed by atoms with Gasteiger partial charge in [0.25, 0.3) is 0 Å². The summed E-state index contributed by atoms with van der Waals surface area (Å²) in [7, 11) is 0. The lowest BCUT2D eigenvalue weighted by Gasteiger charge is -2.34. The minimum Gasteiger partial charge on any atom is -0.475 e. The van der Waals surface area contributed by atoms with Gasteiger partial charge in [-0.25, -0.2) is 24.4 Å². The van der Waals surface area contributed by atoms with Crippen molar-refractivity contribution in [1.29, 1.82) is 0 Å². The summed E-state index contributed by atoms with van der Waals surface area (Å²) in [5.74, 6) is -6.58. The highest BCUT2D eigenvalue weighted by Crippen LogP contribution is 2.24. The largest absolute Gasteiger partial charge is 0.490 e. The van der Waals surface area contributed by atoms with Crippen LogP contribution in [0.1, 0.15) is 30.3 Å². The lowest BCUT2D eigenvalue weighted by atomic mass is 10.1. The van der Waals surface area contributed by atoms with Gasteiger partial charge in [0.1, 0.15) is 11.6 Å². The van der Waals surface area contributed by atoms with E-state index in [1.807, 2.05) is 24.5 Å². The maximum absolute atomic E-state index is 10.6. The Bertz CT molecular complexity index is 1200. The first-order valence-corrected chi connectivity index (χ1v) is 13.0. The molecule has 22 heteroatoms. The molecule has 264 valence electrons. The SMILES string of the molecule is O=C(O)C(F)(F)F.O=C(O)C(F)(F)F.O=C(O)C(F)(F)F.c1cncc(CN2CCOCC2c2nccc(NC3CCOCC3)n2)c1. The van der Waals surface area contributed by atoms with E-state index in [0.29, 0.717) is 12.6 Å². The third-order valence-electron chi connectivity index (χ3n) is 5.62. The van der Waals surface area contributed by atoms with Crippen molar-refractivity contribution in [1.82, 2.24) is 19.9 Å². The molecule has 4 N–H and O–H groups in total. The second kappa shape index (κ2) is 18.7. The molecule has 0 bridgehead atoms. The van der Waals surface area contributed by atoms with E-state index in [4.69, 9.17) is 44.2 Å². The van der Waals surface area contributed by atoms with E-state index < -0.39 is 36.4 Å². The molecule has 2 aromatic rings. The van der Waals surface area contributed by atoms with Crippen molar-refractivity contribution in [2.45, 2.75) is 50.0 Å². The molecule has 13 nitrogen and oxygen atoms in total. The van der Waals surface area contributed by atoms with Crippen molar-refractivity contribution < 1.29 is 78.7 Å². The molecule has 0 saturated carbocycles. The first kappa shape index (κ1) is 40.7. The van der Waals surface area contributed by atoms with Crippen LogP contribution in [-0.2, 0) is 30.4 Å². The van der Waals surface area contributed by atoms with Gasteiger partial charge in [-0.2, -0.15) is 39.5 Å². The summed E-state index contributed by atoms with van der Waals surface area (Å²) < 4.78 is 106. The highest BCUT2D eigenvalue weighted by Gasteiger charge is 2.39. The number of ether oxygens (including phenoxy) is 2. The van der Waals surface area contributed by atoms with Gasteiger partial charge in [-0.05, 0) is 30.5 Å². The number of anilines is 1. The van der Waals surface area contributed by atoms with Crippen LogP contribution in [0.25, 0.3) is 0 Å². The quantitative estimate of drug-likeness (QED) is 0.330. The summed E-state index contributed by atoms with van der Waals surface area (Å²) in [4.78, 5) is 42.6. The number of nitrogens with zero attached hydrogens (tertiary/aromatic N) is 4. The first-order valence-electron chi connectivity index (χ1n) is 13.0. The number of alkyl halides is 9. The van der Waals surface area contributed by atoms with E-state index in [1.54, 1.807) is 6.20 Å². The van der Waals surface area contributed by atoms with E-state index in [1.165, 1.54) is 5.56 Å². The minimum atomic E-state index is -5.08. The lowest BCUT2D eigenvalue weighted by Crippen LogP contribution is -2.40. The smallest absolute Gasteiger partial charge is 0.475 e. The summed E-state index contributed by atoms with van der Waals surface area (Å²) in [6.07, 6.45) is -7.68. The van der Waals surface area contributed by atoms with Crippen molar-refractivity contribution in [3.05, 3.63) is 48.2 Å². The van der Waals surface area contributed by atoms with Gasteiger partial charge in [-0.15, -0.1) is 0 Å². The number of nitrogens with one attached hydrogen (secondary N) is 1. The Morgan fingerprint density at radius 1 is 0.830 bits per heavy atom. The van der Waals surface area contributed by atoms with Crippen LogP contribution in [-0.4, -0.2) is 111 Å². The number of rotatable bonds is 5. The predicted molar refractivity (Wildman–Crippen MR) is 139 cm³/mol. The summed E-state index contributed by atoms with van der Waals surface area (Å²) in [5, 5.41) is 24.9. The maximum atomic E-state index is 10.6. The van der Waals surface area contributed by atoms with Gasteiger partial charge in [-0.1, -0.05) is 6.07 Å².